The van der Waals surface area contributed by atoms with Gasteiger partial charge < -0.3 is 33.6 Å². The van der Waals surface area contributed by atoms with Crippen molar-refractivity contribution in [2.24, 2.45) is 0 Å². The molecule has 0 aliphatic heterocycles. The van der Waals surface area contributed by atoms with Crippen LogP contribution in [0.2, 0.25) is 0 Å². The number of carbonyl (C=O) groups is 2. The highest BCUT2D eigenvalue weighted by Gasteiger charge is 2.42. The molecule has 4 aromatic carbocycles. The predicted molar refractivity (Wildman–Crippen MR) is 203 cm³/mol. The third-order valence-electron chi connectivity index (χ3n) is 7.96. The summed E-state index contributed by atoms with van der Waals surface area (Å²) < 4.78 is 94.0. The van der Waals surface area contributed by atoms with Crippen LogP contribution >= 0.6 is 0 Å². The van der Waals surface area contributed by atoms with Gasteiger partial charge in [-0.3, -0.25) is 9.59 Å². The average molecular weight is 812 g/mol. The molecule has 4 heterocycles. The highest BCUT2D eigenvalue weighted by Crippen LogP contribution is 2.27. The molecule has 1 amide bonds. The molecule has 3 N–H and O–H groups in total. The largest absolute Gasteiger partial charge is 0.471 e. The van der Waals surface area contributed by atoms with Gasteiger partial charge >= 0.3 is 18.3 Å². The Morgan fingerprint density at radius 3 is 1.53 bits per heavy atom. The van der Waals surface area contributed by atoms with Gasteiger partial charge in [0.15, 0.2) is 45.9 Å². The number of rotatable bonds is 4. The second kappa shape index (κ2) is 17.1. The topological polar surface area (TPSA) is 180 Å². The van der Waals surface area contributed by atoms with Crippen LogP contribution < -0.4 is 16.0 Å². The first kappa shape index (κ1) is 42.2. The van der Waals surface area contributed by atoms with Crippen molar-refractivity contribution in [3.8, 4) is 0 Å². The van der Waals surface area contributed by atoms with Crippen LogP contribution in [0.1, 0.15) is 29.1 Å². The fourth-order valence-electron chi connectivity index (χ4n) is 5.28. The molecule has 304 valence electrons. The minimum Gasteiger partial charge on any atom is -0.441 e. The summed E-state index contributed by atoms with van der Waals surface area (Å²) in [4.78, 5) is 38.7. The third kappa shape index (κ3) is 10.7. The molecule has 4 aromatic heterocycles. The number of nitrogens with zero attached hydrogens (tertiary/aromatic N) is 5. The van der Waals surface area contributed by atoms with Crippen LogP contribution in [-0.4, -0.2) is 58.1 Å². The van der Waals surface area contributed by atoms with Gasteiger partial charge in [0.2, 0.25) is 5.78 Å². The highest BCUT2D eigenvalue weighted by molar-refractivity contribution is 5.98. The molecule has 13 nitrogen and oxygen atoms in total. The number of alkyl halides is 6. The minimum absolute atomic E-state index is 0.0981. The standard InChI is InChI=1S/C11H9F3N2O2.C11H8F3NO2.C9H10N2O.C8H8N2O/c1-6-15-8-4-3-7(5-9(8)18-6)16(2)10(17)11(12,13)14;1-6-15-8-3-2-7(4-9(8)17-6)5-10(16)11(12,13)14;1-6-11-8-4-3-7(10-2)5-9(8)12-6;1-5-10-7-3-2-6(9)4-8(7)11-5/h3-5H,1-2H3;2-4H,5H2,1H3;3-5,10H,1-2H3;2-4H,9H2,1H3. The average Bonchev–Trinajstić information content (AvgIpc) is 3.92. The lowest BCUT2D eigenvalue weighted by molar-refractivity contribution is -0.170. The molecule has 0 atom stereocenters. The predicted octanol–water partition coefficient (Wildman–Crippen LogP) is 9.37. The van der Waals surface area contributed by atoms with Crippen molar-refractivity contribution in [3.05, 3.63) is 102 Å². The van der Waals surface area contributed by atoms with E-state index < -0.39 is 30.5 Å². The van der Waals surface area contributed by atoms with Gasteiger partial charge in [0.05, 0.1) is 0 Å². The summed E-state index contributed by atoms with van der Waals surface area (Å²) in [6, 6.07) is 19.9. The number of amides is 1. The Morgan fingerprint density at radius 1 is 0.621 bits per heavy atom. The van der Waals surface area contributed by atoms with E-state index in [-0.39, 0.29) is 11.3 Å². The first-order valence-corrected chi connectivity index (χ1v) is 17.1. The zero-order valence-electron chi connectivity index (χ0n) is 31.7. The monoisotopic (exact) mass is 811 g/mol. The molecule has 58 heavy (non-hydrogen) atoms. The molecule has 0 fully saturated rings. The molecular weight excluding hydrogens is 776 g/mol. The van der Waals surface area contributed by atoms with E-state index in [0.29, 0.717) is 56.3 Å². The maximum atomic E-state index is 12.3. The van der Waals surface area contributed by atoms with Crippen LogP contribution in [-0.2, 0) is 16.0 Å². The quantitative estimate of drug-likeness (QED) is 0.127. The van der Waals surface area contributed by atoms with E-state index in [1.54, 1.807) is 19.9 Å². The summed E-state index contributed by atoms with van der Waals surface area (Å²) in [5.74, 6) is -1.48. The molecule has 8 rings (SSSR count). The number of ketones is 1. The third-order valence-corrected chi connectivity index (χ3v) is 7.96. The van der Waals surface area contributed by atoms with E-state index in [1.165, 1.54) is 36.4 Å². The summed E-state index contributed by atoms with van der Waals surface area (Å²) in [6.45, 7) is 6.93. The van der Waals surface area contributed by atoms with Gasteiger partial charge in [-0.15, -0.1) is 0 Å². The Kier molecular flexibility index (Phi) is 12.4. The number of hydrogen-bond donors (Lipinski definition) is 2. The molecule has 0 aliphatic rings. The van der Waals surface area contributed by atoms with E-state index in [9.17, 15) is 35.9 Å². The van der Waals surface area contributed by atoms with E-state index in [0.717, 1.165) is 34.9 Å². The number of anilines is 3. The number of fused-ring (bicyclic) bond motifs is 4. The van der Waals surface area contributed by atoms with Crippen molar-refractivity contribution in [1.82, 2.24) is 19.9 Å². The first-order chi connectivity index (χ1) is 27.2. The van der Waals surface area contributed by atoms with E-state index in [4.69, 9.17) is 23.4 Å². The van der Waals surface area contributed by atoms with Crippen molar-refractivity contribution < 1.29 is 53.6 Å². The van der Waals surface area contributed by atoms with Crippen molar-refractivity contribution in [1.29, 1.82) is 0 Å². The number of halogens is 6. The Labute approximate surface area is 324 Å². The maximum Gasteiger partial charge on any atom is 0.471 e. The van der Waals surface area contributed by atoms with Crippen molar-refractivity contribution in [2.75, 3.05) is 30.0 Å². The lowest BCUT2D eigenvalue weighted by Crippen LogP contribution is -2.38. The van der Waals surface area contributed by atoms with Crippen molar-refractivity contribution in [2.45, 2.75) is 46.5 Å². The molecule has 0 bridgehead atoms. The van der Waals surface area contributed by atoms with Gasteiger partial charge in [0.1, 0.15) is 22.1 Å². The second-order valence-electron chi connectivity index (χ2n) is 12.5. The molecule has 0 unspecified atom stereocenters. The molecule has 0 aliphatic carbocycles. The molecule has 0 saturated carbocycles. The Bertz CT molecular complexity index is 2710. The molecule has 0 radical (unpaired) electrons. The molecule has 0 spiro atoms. The fourth-order valence-corrected chi connectivity index (χ4v) is 5.28. The van der Waals surface area contributed by atoms with Crippen LogP contribution in [0.5, 0.6) is 0 Å². The number of carbonyl (C=O) groups excluding carboxylic acids is 2. The highest BCUT2D eigenvalue weighted by atomic mass is 19.4. The van der Waals surface area contributed by atoms with Gasteiger partial charge in [-0.25, -0.2) is 19.9 Å². The number of Topliss-reactive ketones (excluding diaryl/α,β-unsaturated/α-hetero) is 1. The number of aromatic nitrogens is 4. The van der Waals surface area contributed by atoms with Gasteiger partial charge in [0, 0.05) is 83.5 Å². The van der Waals surface area contributed by atoms with Gasteiger partial charge in [-0.2, -0.15) is 26.3 Å². The van der Waals surface area contributed by atoms with Crippen LogP contribution in [0.4, 0.5) is 43.4 Å². The molecule has 0 saturated heterocycles. The normalized spacial score (nSPS) is 11.4. The number of nitrogen functional groups attached to an aromatic ring is 1. The summed E-state index contributed by atoms with van der Waals surface area (Å²) >= 11 is 0. The maximum absolute atomic E-state index is 12.3. The summed E-state index contributed by atoms with van der Waals surface area (Å²) in [7, 11) is 2.94. The fraction of sp³-hybridized carbons (Fsp3) is 0.231. The SMILES string of the molecule is CNc1ccc2nc(C)oc2c1.Cc1nc2ccc(CC(=O)C(F)(F)F)cc2o1.Cc1nc2ccc(N(C)C(=O)C(F)(F)F)cc2o1.Cc1nc2ccc(N)cc2o1. The molecule has 19 heteroatoms. The van der Waals surface area contributed by atoms with Crippen LogP contribution in [0.25, 0.3) is 44.4 Å². The smallest absolute Gasteiger partial charge is 0.441 e. The Morgan fingerprint density at radius 2 is 1.05 bits per heavy atom. The zero-order valence-corrected chi connectivity index (χ0v) is 31.7. The van der Waals surface area contributed by atoms with E-state index >= 15 is 0 Å². The minimum atomic E-state index is -4.90. The first-order valence-electron chi connectivity index (χ1n) is 17.1. The number of benzene rings is 4. The lowest BCUT2D eigenvalue weighted by Gasteiger charge is -2.18. The van der Waals surface area contributed by atoms with E-state index in [2.05, 4.69) is 25.3 Å². The number of nitrogens with two attached hydrogens (primary N) is 1. The zero-order chi connectivity index (χ0) is 42.5. The second-order valence-corrected chi connectivity index (χ2v) is 12.5. The van der Waals surface area contributed by atoms with E-state index in [1.807, 2.05) is 51.2 Å². The van der Waals surface area contributed by atoms with Gasteiger partial charge in [-0.1, -0.05) is 6.07 Å². The Hall–Kier alpha value is -6.92. The van der Waals surface area contributed by atoms with Crippen LogP contribution in [0.15, 0.2) is 90.5 Å². The summed E-state index contributed by atoms with van der Waals surface area (Å²) in [6.07, 6.45) is -10.4. The van der Waals surface area contributed by atoms with Crippen LogP contribution in [0, 0.1) is 27.7 Å². The van der Waals surface area contributed by atoms with Gasteiger partial charge in [0.25, 0.3) is 0 Å². The van der Waals surface area contributed by atoms with Crippen molar-refractivity contribution in [3.63, 3.8) is 0 Å². The molecular formula is C39H35F6N7O6. The molecule has 8 aromatic rings. The number of hydrogen-bond acceptors (Lipinski definition) is 12. The number of oxazole rings is 4. The number of aryl methyl sites for hydroxylation is 4. The van der Waals surface area contributed by atoms with Gasteiger partial charge in [-0.05, 0) is 54.1 Å². The lowest BCUT2D eigenvalue weighted by atomic mass is 10.1. The van der Waals surface area contributed by atoms with Crippen molar-refractivity contribution >= 4 is 73.2 Å². The Balaban J connectivity index is 0.000000150. The number of nitrogens with one attached hydrogen (secondary N) is 1. The van der Waals surface area contributed by atoms with Crippen LogP contribution in [0.3, 0.4) is 0 Å². The summed E-state index contributed by atoms with van der Waals surface area (Å²) in [5, 5.41) is 3.04. The summed E-state index contributed by atoms with van der Waals surface area (Å²) in [5.41, 5.74) is 12.8.